The summed E-state index contributed by atoms with van der Waals surface area (Å²) in [4.78, 5) is 0.0622. The van der Waals surface area contributed by atoms with E-state index in [1.54, 1.807) is 6.07 Å². The van der Waals surface area contributed by atoms with Crippen LogP contribution in [0.3, 0.4) is 0 Å². The van der Waals surface area contributed by atoms with Crippen LogP contribution in [0.2, 0.25) is 0 Å². The molecule has 0 heterocycles. The second-order valence-electron chi connectivity index (χ2n) is 7.21. The van der Waals surface area contributed by atoms with Gasteiger partial charge >= 0.3 is 0 Å². The Bertz CT molecular complexity index is 781. The molecule has 2 rings (SSSR count). The average molecular weight is 377 g/mol. The smallest absolute Gasteiger partial charge is 0.282 e. The van der Waals surface area contributed by atoms with Gasteiger partial charge in [0.25, 0.3) is 10.1 Å². The molecule has 26 heavy (non-hydrogen) atoms. The molecule has 0 aliphatic rings. The van der Waals surface area contributed by atoms with Crippen LogP contribution in [0.15, 0.2) is 41.3 Å². The number of unbranched alkanes of at least 4 members (excludes halogenated alkanes) is 9. The number of hydrogen-bond donors (Lipinski definition) is 1. The van der Waals surface area contributed by atoms with Gasteiger partial charge in [-0.25, -0.2) is 0 Å². The molecule has 3 nitrogen and oxygen atoms in total. The molecular weight excluding hydrogens is 344 g/mol. The SMILES string of the molecule is CCCCCCCCCCCCc1cc2ccccc2cc1S(=O)(=O)O. The molecular formula is C22H32O3S. The summed E-state index contributed by atoms with van der Waals surface area (Å²) >= 11 is 0. The predicted molar refractivity (Wildman–Crippen MR) is 109 cm³/mol. The third-order valence-corrected chi connectivity index (χ3v) is 5.94. The molecule has 0 saturated heterocycles. The minimum Gasteiger partial charge on any atom is -0.282 e. The van der Waals surface area contributed by atoms with Crippen molar-refractivity contribution in [3.05, 3.63) is 42.0 Å². The summed E-state index contributed by atoms with van der Waals surface area (Å²) < 4.78 is 33.0. The van der Waals surface area contributed by atoms with E-state index in [0.29, 0.717) is 6.42 Å². The molecule has 4 heteroatoms. The van der Waals surface area contributed by atoms with Crippen LogP contribution in [0.5, 0.6) is 0 Å². The molecule has 0 aliphatic heterocycles. The highest BCUT2D eigenvalue weighted by Gasteiger charge is 2.16. The van der Waals surface area contributed by atoms with Crippen LogP contribution in [0.1, 0.15) is 76.7 Å². The highest BCUT2D eigenvalue weighted by Crippen LogP contribution is 2.25. The second-order valence-corrected chi connectivity index (χ2v) is 8.60. The maximum atomic E-state index is 11.7. The van der Waals surface area contributed by atoms with Crippen LogP contribution in [0, 0.1) is 0 Å². The van der Waals surface area contributed by atoms with Crippen molar-refractivity contribution < 1.29 is 13.0 Å². The molecule has 0 saturated carbocycles. The average Bonchev–Trinajstić information content (AvgIpc) is 2.62. The van der Waals surface area contributed by atoms with Crippen molar-refractivity contribution in [2.75, 3.05) is 0 Å². The van der Waals surface area contributed by atoms with Crippen LogP contribution in [-0.2, 0) is 16.5 Å². The van der Waals surface area contributed by atoms with Gasteiger partial charge in [0, 0.05) is 0 Å². The quantitative estimate of drug-likeness (QED) is 0.337. The monoisotopic (exact) mass is 376 g/mol. The lowest BCUT2D eigenvalue weighted by Gasteiger charge is -2.10. The zero-order chi connectivity index (χ0) is 18.8. The molecule has 1 N–H and O–H groups in total. The minimum atomic E-state index is -4.19. The summed E-state index contributed by atoms with van der Waals surface area (Å²) in [5.74, 6) is 0. The molecule has 0 aromatic heterocycles. The molecule has 0 spiro atoms. The molecule has 0 fully saturated rings. The molecule has 144 valence electrons. The molecule has 0 radical (unpaired) electrons. The van der Waals surface area contributed by atoms with E-state index in [-0.39, 0.29) is 4.90 Å². The van der Waals surface area contributed by atoms with Crippen LogP contribution in [-0.4, -0.2) is 13.0 Å². The normalized spacial score (nSPS) is 11.9. The topological polar surface area (TPSA) is 54.4 Å². The Hall–Kier alpha value is -1.39. The van der Waals surface area contributed by atoms with E-state index in [1.807, 2.05) is 30.3 Å². The largest absolute Gasteiger partial charge is 0.294 e. The molecule has 2 aromatic rings. The van der Waals surface area contributed by atoms with E-state index >= 15 is 0 Å². The number of hydrogen-bond acceptors (Lipinski definition) is 2. The highest BCUT2D eigenvalue weighted by molar-refractivity contribution is 7.85. The van der Waals surface area contributed by atoms with Crippen molar-refractivity contribution in [1.29, 1.82) is 0 Å². The van der Waals surface area contributed by atoms with Gasteiger partial charge in [-0.05, 0) is 41.3 Å². The van der Waals surface area contributed by atoms with Crippen LogP contribution in [0.4, 0.5) is 0 Å². The maximum absolute atomic E-state index is 11.7. The van der Waals surface area contributed by atoms with Crippen LogP contribution >= 0.6 is 0 Å². The Kier molecular flexibility index (Phi) is 8.60. The lowest BCUT2D eigenvalue weighted by atomic mass is 10.0. The van der Waals surface area contributed by atoms with Gasteiger partial charge in [-0.3, -0.25) is 4.55 Å². The second kappa shape index (κ2) is 10.7. The summed E-state index contributed by atoms with van der Waals surface area (Å²) in [5.41, 5.74) is 0.728. The Labute approximate surface area is 158 Å². The number of fused-ring (bicyclic) bond motifs is 1. The standard InChI is InChI=1S/C22H32O3S/c1-2-3-4-5-6-7-8-9-10-11-16-21-17-19-14-12-13-15-20(19)18-22(21)26(23,24)25/h12-15,17-18H,2-11,16H2,1H3,(H,23,24,25). The Balaban J connectivity index is 1.82. The summed E-state index contributed by atoms with van der Waals surface area (Å²) in [6.07, 6.45) is 13.2. The van der Waals surface area contributed by atoms with Gasteiger partial charge in [0.15, 0.2) is 0 Å². The summed E-state index contributed by atoms with van der Waals surface area (Å²) in [5, 5.41) is 1.86. The van der Waals surface area contributed by atoms with E-state index in [2.05, 4.69) is 6.92 Å². The van der Waals surface area contributed by atoms with Gasteiger partial charge in [-0.1, -0.05) is 89.0 Å². The Morgan fingerprint density at radius 1 is 0.769 bits per heavy atom. The van der Waals surface area contributed by atoms with Crippen molar-refractivity contribution >= 4 is 20.9 Å². The van der Waals surface area contributed by atoms with Crippen molar-refractivity contribution in [2.24, 2.45) is 0 Å². The van der Waals surface area contributed by atoms with Crippen molar-refractivity contribution in [1.82, 2.24) is 0 Å². The first-order chi connectivity index (χ1) is 12.5. The highest BCUT2D eigenvalue weighted by atomic mass is 32.2. The van der Waals surface area contributed by atoms with Gasteiger partial charge in [0.05, 0.1) is 4.90 Å². The van der Waals surface area contributed by atoms with E-state index in [4.69, 9.17) is 0 Å². The molecule has 0 amide bonds. The van der Waals surface area contributed by atoms with Crippen LogP contribution < -0.4 is 0 Å². The first-order valence-electron chi connectivity index (χ1n) is 10.0. The van der Waals surface area contributed by atoms with Gasteiger partial charge in [-0.15, -0.1) is 0 Å². The lowest BCUT2D eigenvalue weighted by Crippen LogP contribution is -2.03. The van der Waals surface area contributed by atoms with Gasteiger partial charge in [0.1, 0.15) is 0 Å². The number of aryl methyl sites for hydroxylation is 1. The Morgan fingerprint density at radius 2 is 1.27 bits per heavy atom. The van der Waals surface area contributed by atoms with E-state index in [9.17, 15) is 13.0 Å². The molecule has 0 unspecified atom stereocenters. The third kappa shape index (κ3) is 6.73. The summed E-state index contributed by atoms with van der Waals surface area (Å²) in [6.45, 7) is 2.24. The van der Waals surface area contributed by atoms with E-state index in [1.165, 1.54) is 51.4 Å². The fourth-order valence-electron chi connectivity index (χ4n) is 3.50. The van der Waals surface area contributed by atoms with Crippen LogP contribution in [0.25, 0.3) is 10.8 Å². The minimum absolute atomic E-state index is 0.0622. The first kappa shape index (κ1) is 20.9. The predicted octanol–water partition coefficient (Wildman–Crippen LogP) is 6.55. The zero-order valence-corrected chi connectivity index (χ0v) is 16.7. The van der Waals surface area contributed by atoms with E-state index < -0.39 is 10.1 Å². The van der Waals surface area contributed by atoms with E-state index in [0.717, 1.165) is 29.2 Å². The zero-order valence-electron chi connectivity index (χ0n) is 15.9. The number of benzene rings is 2. The molecule has 0 aliphatic carbocycles. The fourth-order valence-corrected chi connectivity index (χ4v) is 4.27. The van der Waals surface area contributed by atoms with Crippen molar-refractivity contribution in [2.45, 2.75) is 82.4 Å². The molecule has 0 bridgehead atoms. The Morgan fingerprint density at radius 3 is 1.81 bits per heavy atom. The maximum Gasteiger partial charge on any atom is 0.294 e. The van der Waals surface area contributed by atoms with Gasteiger partial charge in [-0.2, -0.15) is 8.42 Å². The number of rotatable bonds is 12. The summed E-state index contributed by atoms with van der Waals surface area (Å²) in [7, 11) is -4.19. The first-order valence-corrected chi connectivity index (χ1v) is 11.5. The fraction of sp³-hybridized carbons (Fsp3) is 0.545. The van der Waals surface area contributed by atoms with Gasteiger partial charge in [0.2, 0.25) is 0 Å². The lowest BCUT2D eigenvalue weighted by molar-refractivity contribution is 0.481. The molecule has 2 aromatic carbocycles. The van der Waals surface area contributed by atoms with Crippen molar-refractivity contribution in [3.8, 4) is 0 Å². The molecule has 0 atom stereocenters. The van der Waals surface area contributed by atoms with Crippen molar-refractivity contribution in [3.63, 3.8) is 0 Å². The third-order valence-electron chi connectivity index (χ3n) is 5.01. The summed E-state index contributed by atoms with van der Waals surface area (Å²) in [6, 6.07) is 11.2. The van der Waals surface area contributed by atoms with Gasteiger partial charge < -0.3 is 0 Å².